The second kappa shape index (κ2) is 3.73. The van der Waals surface area contributed by atoms with E-state index in [-0.39, 0.29) is 17.1 Å². The largest absolute Gasteiger partial charge is 0.481 e. The number of hydrogen-bond donors (Lipinski definition) is 1. The van der Waals surface area contributed by atoms with Crippen molar-refractivity contribution in [1.29, 1.82) is 0 Å². The zero-order valence-corrected chi connectivity index (χ0v) is 8.46. The van der Waals surface area contributed by atoms with Gasteiger partial charge in [0.1, 0.15) is 0 Å². The number of halogens is 3. The quantitative estimate of drug-likeness (QED) is 0.824. The van der Waals surface area contributed by atoms with Crippen molar-refractivity contribution in [2.24, 2.45) is 7.05 Å². The van der Waals surface area contributed by atoms with Crippen LogP contribution < -0.4 is 4.74 Å². The van der Waals surface area contributed by atoms with Crippen molar-refractivity contribution in [1.82, 2.24) is 9.78 Å². The van der Waals surface area contributed by atoms with Gasteiger partial charge < -0.3 is 9.84 Å². The number of nitrogens with zero attached hydrogens (tertiary/aromatic N) is 2. The number of hydrogen-bond acceptors (Lipinski definition) is 3. The highest BCUT2D eigenvalue weighted by atomic mass is 19.4. The van der Waals surface area contributed by atoms with Crippen LogP contribution in [0.15, 0.2) is 0 Å². The van der Waals surface area contributed by atoms with E-state index in [4.69, 9.17) is 9.84 Å². The molecule has 1 aromatic rings. The maximum absolute atomic E-state index is 12.3. The molecule has 86 valence electrons. The molecule has 1 heterocycles. The zero-order valence-electron chi connectivity index (χ0n) is 8.46. The molecule has 4 nitrogen and oxygen atoms in total. The minimum Gasteiger partial charge on any atom is -0.481 e. The lowest BCUT2D eigenvalue weighted by Crippen LogP contribution is -2.21. The second-order valence-corrected chi connectivity index (χ2v) is 3.08. The van der Waals surface area contributed by atoms with Gasteiger partial charge in [0.15, 0.2) is 6.10 Å². The second-order valence-electron chi connectivity index (χ2n) is 3.08. The van der Waals surface area contributed by atoms with E-state index in [1.165, 1.54) is 21.1 Å². The summed E-state index contributed by atoms with van der Waals surface area (Å²) < 4.78 is 42.8. The molecule has 15 heavy (non-hydrogen) atoms. The lowest BCUT2D eigenvalue weighted by Gasteiger charge is -2.15. The summed E-state index contributed by atoms with van der Waals surface area (Å²) >= 11 is 0. The highest BCUT2D eigenvalue weighted by Crippen LogP contribution is 2.38. The minimum absolute atomic E-state index is 0.0858. The van der Waals surface area contributed by atoms with Gasteiger partial charge in [-0.05, 0) is 6.92 Å². The summed E-state index contributed by atoms with van der Waals surface area (Å²) in [6.07, 6.45) is -7.29. The van der Waals surface area contributed by atoms with Crippen molar-refractivity contribution < 1.29 is 23.0 Å². The molecule has 0 aromatic carbocycles. The first-order valence-electron chi connectivity index (χ1n) is 4.11. The van der Waals surface area contributed by atoms with Crippen LogP contribution in [0.3, 0.4) is 0 Å². The maximum atomic E-state index is 12.3. The third-order valence-corrected chi connectivity index (χ3v) is 1.99. The van der Waals surface area contributed by atoms with E-state index in [1.807, 2.05) is 0 Å². The fraction of sp³-hybridized carbons (Fsp3) is 0.625. The molecule has 0 aliphatic carbocycles. The standard InChI is InChI=1S/C8H11F3N2O2/c1-4-5(6(14)8(9,10)11)7(15-3)13(2)12-4/h6,14H,1-3H3. The smallest absolute Gasteiger partial charge is 0.418 e. The molecule has 0 bridgehead atoms. The first kappa shape index (κ1) is 11.8. The Kier molecular flexibility index (Phi) is 2.94. The first-order chi connectivity index (χ1) is 6.79. The highest BCUT2D eigenvalue weighted by Gasteiger charge is 2.43. The number of aliphatic hydroxyl groups excluding tert-OH is 1. The summed E-state index contributed by atoms with van der Waals surface area (Å²) in [5.74, 6) is -0.0858. The van der Waals surface area contributed by atoms with Crippen molar-refractivity contribution in [3.63, 3.8) is 0 Å². The number of methoxy groups -OCH3 is 1. The Bertz CT molecular complexity index is 360. The van der Waals surface area contributed by atoms with E-state index in [2.05, 4.69) is 5.10 Å². The fourth-order valence-electron chi connectivity index (χ4n) is 1.37. The molecule has 1 N–H and O–H groups in total. The average molecular weight is 224 g/mol. The van der Waals surface area contributed by atoms with Gasteiger partial charge in [0.2, 0.25) is 5.88 Å². The Hall–Kier alpha value is -1.24. The molecule has 0 amide bonds. The zero-order chi connectivity index (χ0) is 11.8. The molecular weight excluding hydrogens is 213 g/mol. The van der Waals surface area contributed by atoms with Gasteiger partial charge in [-0.3, -0.25) is 0 Å². The van der Waals surface area contributed by atoms with Gasteiger partial charge in [-0.1, -0.05) is 0 Å². The van der Waals surface area contributed by atoms with Gasteiger partial charge in [0.05, 0.1) is 18.4 Å². The number of rotatable bonds is 2. The average Bonchev–Trinajstić information content (AvgIpc) is 2.37. The molecule has 0 spiro atoms. The van der Waals surface area contributed by atoms with Gasteiger partial charge in [-0.25, -0.2) is 4.68 Å². The van der Waals surface area contributed by atoms with Crippen LogP contribution in [0.4, 0.5) is 13.2 Å². The minimum atomic E-state index is -4.72. The van der Waals surface area contributed by atoms with E-state index in [1.54, 1.807) is 0 Å². The van der Waals surface area contributed by atoms with Crippen LogP contribution in [0.25, 0.3) is 0 Å². The summed E-state index contributed by atoms with van der Waals surface area (Å²) in [5.41, 5.74) is -0.244. The molecule has 0 aliphatic rings. The lowest BCUT2D eigenvalue weighted by atomic mass is 10.1. The van der Waals surface area contributed by atoms with Crippen LogP contribution in [-0.2, 0) is 7.05 Å². The third kappa shape index (κ3) is 2.06. The van der Waals surface area contributed by atoms with Crippen molar-refractivity contribution in [2.75, 3.05) is 7.11 Å². The molecule has 0 saturated carbocycles. The summed E-state index contributed by atoms with van der Waals surface area (Å²) in [7, 11) is 2.67. The summed E-state index contributed by atoms with van der Waals surface area (Å²) in [6.45, 7) is 1.38. The van der Waals surface area contributed by atoms with Crippen molar-refractivity contribution in [2.45, 2.75) is 19.2 Å². The van der Waals surface area contributed by atoms with E-state index < -0.39 is 12.3 Å². The van der Waals surface area contributed by atoms with Crippen molar-refractivity contribution in [3.05, 3.63) is 11.3 Å². The maximum Gasteiger partial charge on any atom is 0.418 e. The predicted octanol–water partition coefficient (Wildman–Crippen LogP) is 1.33. The molecule has 1 unspecified atom stereocenters. The SMILES string of the molecule is COc1c(C(O)C(F)(F)F)c(C)nn1C. The summed E-state index contributed by atoms with van der Waals surface area (Å²) in [6, 6.07) is 0. The Labute approximate surface area is 84.3 Å². The molecule has 1 atom stereocenters. The van der Waals surface area contributed by atoms with Gasteiger partial charge >= 0.3 is 6.18 Å². The number of aliphatic hydroxyl groups is 1. The molecular formula is C8H11F3N2O2. The van der Waals surface area contributed by atoms with E-state index in [0.717, 1.165) is 4.68 Å². The molecule has 0 aliphatic heterocycles. The van der Waals surface area contributed by atoms with Crippen LogP contribution >= 0.6 is 0 Å². The van der Waals surface area contributed by atoms with Crippen molar-refractivity contribution in [3.8, 4) is 5.88 Å². The van der Waals surface area contributed by atoms with E-state index in [9.17, 15) is 13.2 Å². The normalized spacial score (nSPS) is 14.1. The third-order valence-electron chi connectivity index (χ3n) is 1.99. The van der Waals surface area contributed by atoms with Gasteiger partial charge in [-0.2, -0.15) is 18.3 Å². The van der Waals surface area contributed by atoms with Crippen LogP contribution in [0.1, 0.15) is 17.4 Å². The Balaban J connectivity index is 3.24. The van der Waals surface area contributed by atoms with E-state index in [0.29, 0.717) is 0 Å². The summed E-state index contributed by atoms with van der Waals surface area (Å²) in [5, 5.41) is 12.9. The first-order valence-corrected chi connectivity index (χ1v) is 4.11. The highest BCUT2D eigenvalue weighted by molar-refractivity contribution is 5.33. The van der Waals surface area contributed by atoms with Crippen LogP contribution in [0.2, 0.25) is 0 Å². The van der Waals surface area contributed by atoms with Crippen LogP contribution in [0, 0.1) is 6.92 Å². The number of aromatic nitrogens is 2. The van der Waals surface area contributed by atoms with Crippen molar-refractivity contribution >= 4 is 0 Å². The topological polar surface area (TPSA) is 47.3 Å². The molecule has 0 radical (unpaired) electrons. The monoisotopic (exact) mass is 224 g/mol. The molecule has 1 aromatic heterocycles. The van der Waals surface area contributed by atoms with Gasteiger partial charge in [0.25, 0.3) is 0 Å². The molecule has 0 saturated heterocycles. The number of ether oxygens (including phenoxy) is 1. The Morgan fingerprint density at radius 1 is 1.47 bits per heavy atom. The van der Waals surface area contributed by atoms with Gasteiger partial charge in [0, 0.05) is 7.05 Å². The number of aryl methyl sites for hydroxylation is 2. The molecule has 1 rings (SSSR count). The van der Waals surface area contributed by atoms with E-state index >= 15 is 0 Å². The Morgan fingerprint density at radius 3 is 2.40 bits per heavy atom. The summed E-state index contributed by atoms with van der Waals surface area (Å²) in [4.78, 5) is 0. The number of alkyl halides is 3. The molecule has 7 heteroatoms. The fourth-order valence-corrected chi connectivity index (χ4v) is 1.37. The van der Waals surface area contributed by atoms with Crippen LogP contribution in [0.5, 0.6) is 5.88 Å². The van der Waals surface area contributed by atoms with Crippen LogP contribution in [-0.4, -0.2) is 28.2 Å². The van der Waals surface area contributed by atoms with Gasteiger partial charge in [-0.15, -0.1) is 0 Å². The lowest BCUT2D eigenvalue weighted by molar-refractivity contribution is -0.207. The molecule has 0 fully saturated rings. The predicted molar refractivity (Wildman–Crippen MR) is 45.5 cm³/mol. The Morgan fingerprint density at radius 2 is 2.00 bits per heavy atom.